The number of carbonyl (C=O) groups is 2. The summed E-state index contributed by atoms with van der Waals surface area (Å²) in [6.07, 6.45) is 0. The van der Waals surface area contributed by atoms with Gasteiger partial charge < -0.3 is 19.9 Å². The molecule has 10 heteroatoms. The van der Waals surface area contributed by atoms with Crippen molar-refractivity contribution in [2.45, 2.75) is 11.4 Å². The number of nitrogens with zero attached hydrogens (tertiary/aromatic N) is 3. The van der Waals surface area contributed by atoms with E-state index in [4.69, 9.17) is 4.74 Å². The third-order valence-electron chi connectivity index (χ3n) is 5.43. The van der Waals surface area contributed by atoms with Crippen molar-refractivity contribution in [3.63, 3.8) is 0 Å². The SMILES string of the molecule is CN(Cc1ccc(N2CCOCC2)cc1)C(=O)CNC(=O)c1cccc(S(=O)(=O)N(C)C)c1. The molecule has 33 heavy (non-hydrogen) atoms. The molecule has 0 spiro atoms. The first-order chi connectivity index (χ1) is 15.7. The molecule has 1 heterocycles. The third-order valence-corrected chi connectivity index (χ3v) is 7.24. The smallest absolute Gasteiger partial charge is 0.251 e. The van der Waals surface area contributed by atoms with Crippen LogP contribution in [-0.2, 0) is 26.1 Å². The molecule has 1 aliphatic heterocycles. The molecule has 0 aliphatic carbocycles. The highest BCUT2D eigenvalue weighted by molar-refractivity contribution is 7.89. The highest BCUT2D eigenvalue weighted by Gasteiger charge is 2.19. The van der Waals surface area contributed by atoms with Gasteiger partial charge in [0, 0.05) is 52.0 Å². The van der Waals surface area contributed by atoms with Crippen LogP contribution < -0.4 is 10.2 Å². The summed E-state index contributed by atoms with van der Waals surface area (Å²) < 4.78 is 31.0. The summed E-state index contributed by atoms with van der Waals surface area (Å²) in [4.78, 5) is 28.8. The van der Waals surface area contributed by atoms with E-state index in [-0.39, 0.29) is 22.9 Å². The number of nitrogens with one attached hydrogen (secondary N) is 1. The van der Waals surface area contributed by atoms with Crippen LogP contribution in [0.15, 0.2) is 53.4 Å². The Bertz CT molecular complexity index is 1080. The quantitative estimate of drug-likeness (QED) is 0.617. The number of likely N-dealkylation sites (N-methyl/N-ethyl adjacent to an activating group) is 1. The Balaban J connectivity index is 1.53. The number of anilines is 1. The van der Waals surface area contributed by atoms with Crippen LogP contribution in [0.5, 0.6) is 0 Å². The lowest BCUT2D eigenvalue weighted by atomic mass is 10.1. The molecule has 2 aromatic rings. The summed E-state index contributed by atoms with van der Waals surface area (Å²) in [5, 5.41) is 2.57. The second kappa shape index (κ2) is 10.8. The summed E-state index contributed by atoms with van der Waals surface area (Å²) in [7, 11) is 0.868. The Morgan fingerprint density at radius 1 is 1.03 bits per heavy atom. The minimum atomic E-state index is -3.65. The summed E-state index contributed by atoms with van der Waals surface area (Å²) in [6, 6.07) is 13.8. The number of amides is 2. The van der Waals surface area contributed by atoms with Crippen LogP contribution in [0, 0.1) is 0 Å². The lowest BCUT2D eigenvalue weighted by Gasteiger charge is -2.29. The zero-order valence-corrected chi connectivity index (χ0v) is 20.0. The van der Waals surface area contributed by atoms with Crippen LogP contribution in [-0.4, -0.2) is 83.4 Å². The van der Waals surface area contributed by atoms with Crippen LogP contribution in [0.2, 0.25) is 0 Å². The number of hydrogen-bond donors (Lipinski definition) is 1. The molecule has 1 fully saturated rings. The fourth-order valence-corrected chi connectivity index (χ4v) is 4.35. The van der Waals surface area contributed by atoms with E-state index >= 15 is 0 Å². The van der Waals surface area contributed by atoms with Gasteiger partial charge >= 0.3 is 0 Å². The first kappa shape index (κ1) is 24.7. The first-order valence-corrected chi connectivity index (χ1v) is 12.1. The van der Waals surface area contributed by atoms with Crippen molar-refractivity contribution in [2.24, 2.45) is 0 Å². The molecule has 0 bridgehead atoms. The van der Waals surface area contributed by atoms with E-state index in [2.05, 4.69) is 10.2 Å². The first-order valence-electron chi connectivity index (χ1n) is 10.6. The van der Waals surface area contributed by atoms with Crippen molar-refractivity contribution in [3.8, 4) is 0 Å². The highest BCUT2D eigenvalue weighted by Crippen LogP contribution is 2.18. The third kappa shape index (κ3) is 6.31. The number of ether oxygens (including phenoxy) is 1. The van der Waals surface area contributed by atoms with Gasteiger partial charge in [0.1, 0.15) is 0 Å². The molecule has 0 unspecified atom stereocenters. The van der Waals surface area contributed by atoms with Crippen molar-refractivity contribution in [3.05, 3.63) is 59.7 Å². The van der Waals surface area contributed by atoms with Gasteiger partial charge in [0.15, 0.2) is 0 Å². The zero-order valence-electron chi connectivity index (χ0n) is 19.2. The summed E-state index contributed by atoms with van der Waals surface area (Å²) >= 11 is 0. The van der Waals surface area contributed by atoms with Gasteiger partial charge in [-0.1, -0.05) is 18.2 Å². The number of carbonyl (C=O) groups excluding carboxylic acids is 2. The standard InChI is InChI=1S/C23H30N4O5S/c1-25(2)33(30,31)21-6-4-5-19(15-21)23(29)24-16-22(28)26(3)17-18-7-9-20(10-8-18)27-11-13-32-14-12-27/h4-10,15H,11-14,16-17H2,1-3H3,(H,24,29). The molecule has 2 amide bonds. The van der Waals surface area contributed by atoms with Gasteiger partial charge in [-0.05, 0) is 35.9 Å². The molecule has 9 nitrogen and oxygen atoms in total. The van der Waals surface area contributed by atoms with Gasteiger partial charge in [-0.2, -0.15) is 0 Å². The van der Waals surface area contributed by atoms with Crippen molar-refractivity contribution >= 4 is 27.5 Å². The molecule has 1 aliphatic rings. The monoisotopic (exact) mass is 474 g/mol. The Kier molecular flexibility index (Phi) is 8.06. The molecule has 3 rings (SSSR count). The van der Waals surface area contributed by atoms with Crippen LogP contribution in [0.4, 0.5) is 5.69 Å². The van der Waals surface area contributed by atoms with E-state index in [0.29, 0.717) is 6.54 Å². The molecule has 0 atom stereocenters. The molecule has 0 aromatic heterocycles. The fraction of sp³-hybridized carbons (Fsp3) is 0.391. The maximum absolute atomic E-state index is 12.5. The average molecular weight is 475 g/mol. The fourth-order valence-electron chi connectivity index (χ4n) is 3.40. The topological polar surface area (TPSA) is 99.3 Å². The minimum Gasteiger partial charge on any atom is -0.378 e. The molecule has 2 aromatic carbocycles. The molecule has 0 radical (unpaired) electrons. The second-order valence-electron chi connectivity index (χ2n) is 8.01. The number of rotatable bonds is 8. The van der Waals surface area contributed by atoms with E-state index in [1.807, 2.05) is 24.3 Å². The molecule has 1 N–H and O–H groups in total. The lowest BCUT2D eigenvalue weighted by molar-refractivity contribution is -0.129. The molecule has 178 valence electrons. The number of morpholine rings is 1. The average Bonchev–Trinajstić information content (AvgIpc) is 2.83. The van der Waals surface area contributed by atoms with Crippen LogP contribution in [0.3, 0.4) is 0 Å². The van der Waals surface area contributed by atoms with Gasteiger partial charge in [-0.25, -0.2) is 12.7 Å². The van der Waals surface area contributed by atoms with Crippen molar-refractivity contribution < 1.29 is 22.7 Å². The van der Waals surface area contributed by atoms with Gasteiger partial charge in [-0.15, -0.1) is 0 Å². The molecule has 1 saturated heterocycles. The van der Waals surface area contributed by atoms with Crippen molar-refractivity contribution in [2.75, 3.05) is 58.9 Å². The van der Waals surface area contributed by atoms with E-state index in [0.717, 1.165) is 41.9 Å². The Hall–Kier alpha value is -2.95. The predicted octanol–water partition coefficient (Wildman–Crippen LogP) is 1.16. The molecular weight excluding hydrogens is 444 g/mol. The highest BCUT2D eigenvalue weighted by atomic mass is 32.2. The Labute approximate surface area is 195 Å². The van der Waals surface area contributed by atoms with E-state index in [1.54, 1.807) is 7.05 Å². The normalized spacial score (nSPS) is 14.2. The second-order valence-corrected chi connectivity index (χ2v) is 10.2. The van der Waals surface area contributed by atoms with E-state index < -0.39 is 15.9 Å². The summed E-state index contributed by atoms with van der Waals surface area (Å²) in [5.74, 6) is -0.764. The number of hydrogen-bond acceptors (Lipinski definition) is 6. The van der Waals surface area contributed by atoms with Gasteiger partial charge in [0.25, 0.3) is 5.91 Å². The predicted molar refractivity (Wildman–Crippen MR) is 126 cm³/mol. The lowest BCUT2D eigenvalue weighted by Crippen LogP contribution is -2.38. The Morgan fingerprint density at radius 3 is 2.33 bits per heavy atom. The van der Waals surface area contributed by atoms with Gasteiger partial charge in [0.2, 0.25) is 15.9 Å². The number of benzene rings is 2. The maximum atomic E-state index is 12.5. The van der Waals surface area contributed by atoms with Gasteiger partial charge in [0.05, 0.1) is 24.7 Å². The Morgan fingerprint density at radius 2 is 1.70 bits per heavy atom. The molecular formula is C23H30N4O5S. The maximum Gasteiger partial charge on any atom is 0.251 e. The molecule has 0 saturated carbocycles. The van der Waals surface area contributed by atoms with Crippen LogP contribution >= 0.6 is 0 Å². The van der Waals surface area contributed by atoms with Crippen molar-refractivity contribution in [1.82, 2.24) is 14.5 Å². The van der Waals surface area contributed by atoms with Crippen LogP contribution in [0.25, 0.3) is 0 Å². The van der Waals surface area contributed by atoms with E-state index in [9.17, 15) is 18.0 Å². The van der Waals surface area contributed by atoms with E-state index in [1.165, 1.54) is 43.3 Å². The summed E-state index contributed by atoms with van der Waals surface area (Å²) in [5.41, 5.74) is 2.28. The minimum absolute atomic E-state index is 0.0177. The van der Waals surface area contributed by atoms with Crippen LogP contribution in [0.1, 0.15) is 15.9 Å². The number of sulfonamides is 1. The largest absolute Gasteiger partial charge is 0.378 e. The van der Waals surface area contributed by atoms with Gasteiger partial charge in [-0.3, -0.25) is 9.59 Å². The van der Waals surface area contributed by atoms with Crippen molar-refractivity contribution in [1.29, 1.82) is 0 Å². The zero-order chi connectivity index (χ0) is 24.0. The summed E-state index contributed by atoms with van der Waals surface area (Å²) in [6.45, 7) is 3.39.